The third-order valence-electron chi connectivity index (χ3n) is 4.13. The molecule has 1 aromatic carbocycles. The molecule has 2 amide bonds. The Balaban J connectivity index is 1.92. The molecule has 0 bridgehead atoms. The molecule has 2 atom stereocenters. The number of aliphatic hydroxyl groups is 1. The molecule has 5 heteroatoms. The molecule has 22 heavy (non-hydrogen) atoms. The normalized spacial score (nSPS) is 19.5. The van der Waals surface area contributed by atoms with Crippen LogP contribution in [0.15, 0.2) is 30.3 Å². The Kier molecular flexibility index (Phi) is 5.55. The van der Waals surface area contributed by atoms with Gasteiger partial charge in [0.05, 0.1) is 18.6 Å². The molecule has 0 radical (unpaired) electrons. The molecule has 1 fully saturated rings. The van der Waals surface area contributed by atoms with E-state index in [1.165, 1.54) is 0 Å². The zero-order valence-electron chi connectivity index (χ0n) is 13.2. The highest BCUT2D eigenvalue weighted by atomic mass is 16.3. The van der Waals surface area contributed by atoms with Crippen LogP contribution in [0, 0.1) is 11.8 Å². The molecule has 2 N–H and O–H groups in total. The Bertz CT molecular complexity index is 516. The van der Waals surface area contributed by atoms with E-state index in [4.69, 9.17) is 0 Å². The molecular weight excluding hydrogens is 280 g/mol. The quantitative estimate of drug-likeness (QED) is 0.829. The molecule has 0 aliphatic carbocycles. The Morgan fingerprint density at radius 1 is 1.36 bits per heavy atom. The minimum absolute atomic E-state index is 0.00842. The van der Waals surface area contributed by atoms with Crippen molar-refractivity contribution in [3.8, 4) is 0 Å². The first-order valence-corrected chi connectivity index (χ1v) is 7.74. The van der Waals surface area contributed by atoms with Crippen molar-refractivity contribution in [3.05, 3.63) is 35.9 Å². The Hall–Kier alpha value is -1.88. The van der Waals surface area contributed by atoms with Gasteiger partial charge in [0.1, 0.15) is 0 Å². The Labute approximate surface area is 131 Å². The predicted octanol–water partition coefficient (Wildman–Crippen LogP) is 1.17. The molecule has 1 aliphatic heterocycles. The summed E-state index contributed by atoms with van der Waals surface area (Å²) in [4.78, 5) is 26.1. The maximum Gasteiger partial charge on any atom is 0.225 e. The van der Waals surface area contributed by atoms with Crippen molar-refractivity contribution >= 4 is 11.8 Å². The smallest absolute Gasteiger partial charge is 0.225 e. The van der Waals surface area contributed by atoms with E-state index in [9.17, 15) is 14.7 Å². The van der Waals surface area contributed by atoms with Gasteiger partial charge in [0.25, 0.3) is 0 Å². The van der Waals surface area contributed by atoms with Crippen LogP contribution in [0.5, 0.6) is 0 Å². The number of likely N-dealkylation sites (tertiary alicyclic amines) is 1. The van der Waals surface area contributed by atoms with Crippen LogP contribution in [-0.2, 0) is 16.1 Å². The molecular formula is C17H24N2O3. The van der Waals surface area contributed by atoms with Crippen LogP contribution in [0.2, 0.25) is 0 Å². The monoisotopic (exact) mass is 304 g/mol. The van der Waals surface area contributed by atoms with Crippen molar-refractivity contribution in [3.63, 3.8) is 0 Å². The second kappa shape index (κ2) is 7.40. The lowest BCUT2D eigenvalue weighted by atomic mass is 10.0. The summed E-state index contributed by atoms with van der Waals surface area (Å²) >= 11 is 0. The predicted molar refractivity (Wildman–Crippen MR) is 83.8 cm³/mol. The largest absolute Gasteiger partial charge is 0.394 e. The number of carbonyl (C=O) groups excluding carboxylic acids is 2. The molecule has 1 saturated heterocycles. The van der Waals surface area contributed by atoms with E-state index in [1.54, 1.807) is 4.90 Å². The molecule has 1 aliphatic rings. The topological polar surface area (TPSA) is 69.6 Å². The molecule has 2 rings (SSSR count). The number of rotatable bonds is 6. The van der Waals surface area contributed by atoms with Crippen molar-refractivity contribution in [2.24, 2.45) is 11.8 Å². The van der Waals surface area contributed by atoms with Crippen LogP contribution >= 0.6 is 0 Å². The molecule has 0 unspecified atom stereocenters. The van der Waals surface area contributed by atoms with Gasteiger partial charge in [-0.15, -0.1) is 0 Å². The highest BCUT2D eigenvalue weighted by Gasteiger charge is 2.35. The standard InChI is InChI=1S/C17H24N2O3/c1-12(2)15(11-20)18-17(22)14-8-16(21)19(10-14)9-13-6-4-3-5-7-13/h3-7,12,14-15,20H,8-11H2,1-2H3,(H,18,22)/t14-,15-/m1/s1. The van der Waals surface area contributed by atoms with Gasteiger partial charge < -0.3 is 15.3 Å². The lowest BCUT2D eigenvalue weighted by Crippen LogP contribution is -2.44. The summed E-state index contributed by atoms with van der Waals surface area (Å²) < 4.78 is 0. The zero-order valence-corrected chi connectivity index (χ0v) is 13.2. The van der Waals surface area contributed by atoms with E-state index in [2.05, 4.69) is 5.32 Å². The van der Waals surface area contributed by atoms with Gasteiger partial charge in [0, 0.05) is 19.5 Å². The fraction of sp³-hybridized carbons (Fsp3) is 0.529. The van der Waals surface area contributed by atoms with Crippen LogP contribution in [0.1, 0.15) is 25.8 Å². The summed E-state index contributed by atoms with van der Waals surface area (Å²) in [5.74, 6) is -0.304. The van der Waals surface area contributed by atoms with E-state index >= 15 is 0 Å². The SMILES string of the molecule is CC(C)[C@@H](CO)NC(=O)[C@@H]1CC(=O)N(Cc2ccccc2)C1. The maximum atomic E-state index is 12.3. The van der Waals surface area contributed by atoms with E-state index < -0.39 is 0 Å². The van der Waals surface area contributed by atoms with Crippen molar-refractivity contribution < 1.29 is 14.7 Å². The van der Waals surface area contributed by atoms with Gasteiger partial charge in [-0.2, -0.15) is 0 Å². The fourth-order valence-corrected chi connectivity index (χ4v) is 2.63. The second-order valence-electron chi connectivity index (χ2n) is 6.20. The molecule has 5 nitrogen and oxygen atoms in total. The summed E-state index contributed by atoms with van der Waals surface area (Å²) in [5, 5.41) is 12.1. The zero-order chi connectivity index (χ0) is 16.1. The highest BCUT2D eigenvalue weighted by Crippen LogP contribution is 2.20. The Morgan fingerprint density at radius 3 is 2.64 bits per heavy atom. The average molecular weight is 304 g/mol. The highest BCUT2D eigenvalue weighted by molar-refractivity contribution is 5.89. The minimum Gasteiger partial charge on any atom is -0.394 e. The van der Waals surface area contributed by atoms with E-state index in [-0.39, 0.29) is 42.7 Å². The Morgan fingerprint density at radius 2 is 2.05 bits per heavy atom. The summed E-state index contributed by atoms with van der Waals surface area (Å²) in [7, 11) is 0. The molecule has 1 aromatic rings. The van der Waals surface area contributed by atoms with Crippen LogP contribution in [0.4, 0.5) is 0 Å². The number of hydrogen-bond acceptors (Lipinski definition) is 3. The first-order chi connectivity index (χ1) is 10.5. The van der Waals surface area contributed by atoms with Gasteiger partial charge in [-0.05, 0) is 11.5 Å². The third-order valence-corrected chi connectivity index (χ3v) is 4.13. The van der Waals surface area contributed by atoms with Gasteiger partial charge >= 0.3 is 0 Å². The first-order valence-electron chi connectivity index (χ1n) is 7.74. The van der Waals surface area contributed by atoms with Crippen LogP contribution in [0.3, 0.4) is 0 Å². The number of amides is 2. The van der Waals surface area contributed by atoms with E-state index in [0.29, 0.717) is 13.1 Å². The van der Waals surface area contributed by atoms with Crippen LogP contribution < -0.4 is 5.32 Å². The maximum absolute atomic E-state index is 12.3. The van der Waals surface area contributed by atoms with Crippen LogP contribution in [0.25, 0.3) is 0 Å². The number of hydrogen-bond donors (Lipinski definition) is 2. The van der Waals surface area contributed by atoms with Gasteiger partial charge in [0.15, 0.2) is 0 Å². The number of nitrogens with zero attached hydrogens (tertiary/aromatic N) is 1. The summed E-state index contributed by atoms with van der Waals surface area (Å²) in [5.41, 5.74) is 1.06. The summed E-state index contributed by atoms with van der Waals surface area (Å²) in [6, 6.07) is 9.50. The number of benzene rings is 1. The second-order valence-corrected chi connectivity index (χ2v) is 6.20. The third kappa shape index (κ3) is 4.07. The lowest BCUT2D eigenvalue weighted by Gasteiger charge is -2.22. The van der Waals surface area contributed by atoms with Crippen molar-refractivity contribution in [2.75, 3.05) is 13.2 Å². The van der Waals surface area contributed by atoms with Crippen LogP contribution in [-0.4, -0.2) is 41.0 Å². The molecule has 1 heterocycles. The number of nitrogens with one attached hydrogen (secondary N) is 1. The molecule has 120 valence electrons. The van der Waals surface area contributed by atoms with E-state index in [1.807, 2.05) is 44.2 Å². The van der Waals surface area contributed by atoms with Gasteiger partial charge in [-0.3, -0.25) is 9.59 Å². The van der Waals surface area contributed by atoms with Gasteiger partial charge in [-0.25, -0.2) is 0 Å². The minimum atomic E-state index is -0.330. The van der Waals surface area contributed by atoms with Crippen molar-refractivity contribution in [1.82, 2.24) is 10.2 Å². The number of carbonyl (C=O) groups is 2. The average Bonchev–Trinajstić information content (AvgIpc) is 2.86. The fourth-order valence-electron chi connectivity index (χ4n) is 2.63. The van der Waals surface area contributed by atoms with Gasteiger partial charge in [-0.1, -0.05) is 44.2 Å². The van der Waals surface area contributed by atoms with Gasteiger partial charge in [0.2, 0.25) is 11.8 Å². The van der Waals surface area contributed by atoms with Crippen molar-refractivity contribution in [1.29, 1.82) is 0 Å². The molecule has 0 saturated carbocycles. The summed E-state index contributed by atoms with van der Waals surface area (Å²) in [6.45, 7) is 4.79. The number of aliphatic hydroxyl groups excluding tert-OH is 1. The lowest BCUT2D eigenvalue weighted by molar-refractivity contribution is -0.129. The van der Waals surface area contributed by atoms with E-state index in [0.717, 1.165) is 5.56 Å². The summed E-state index contributed by atoms with van der Waals surface area (Å²) in [6.07, 6.45) is 0.245. The molecule has 0 spiro atoms. The van der Waals surface area contributed by atoms with Crippen molar-refractivity contribution in [2.45, 2.75) is 32.9 Å². The molecule has 0 aromatic heterocycles. The first kappa shape index (κ1) is 16.5.